The summed E-state index contributed by atoms with van der Waals surface area (Å²) >= 11 is 0. The Morgan fingerprint density at radius 3 is 2.40 bits per heavy atom. The Kier molecular flexibility index (Phi) is 5.21. The van der Waals surface area contributed by atoms with Gasteiger partial charge in [0.1, 0.15) is 22.7 Å². The minimum Gasteiger partial charge on any atom is -0.493 e. The van der Waals surface area contributed by atoms with Gasteiger partial charge in [-0.1, -0.05) is 20.8 Å². The Bertz CT molecular complexity index is 1270. The van der Waals surface area contributed by atoms with Gasteiger partial charge in [0.05, 0.1) is 25.9 Å². The molecule has 0 saturated heterocycles. The average molecular weight is 483 g/mol. The molecule has 2 saturated carbocycles. The van der Waals surface area contributed by atoms with Crippen LogP contribution in [0.25, 0.3) is 17.4 Å². The Morgan fingerprint density at radius 1 is 1.00 bits per heavy atom. The first-order chi connectivity index (χ1) is 16.4. The zero-order chi connectivity index (χ0) is 25.4. The van der Waals surface area contributed by atoms with E-state index in [0.717, 1.165) is 12.0 Å². The fourth-order valence-corrected chi connectivity index (χ4v) is 6.70. The standard InChI is InChI=1S/C28H34O7/c1-25(2)10-9-23(29)27(4)22-14-17-20(35-26(22,3)11-12-28(25,27)31)15-19(34-24(17)30)16-7-8-18(32-5)21(13-16)33-6/h7-8,13-15,23,29,31H,9-12H2,1-6H3/t23-,26+,27-,28+/m1/s1. The van der Waals surface area contributed by atoms with Gasteiger partial charge in [-0.25, -0.2) is 4.79 Å². The molecular formula is C28H34O7. The van der Waals surface area contributed by atoms with Crippen molar-refractivity contribution in [2.75, 3.05) is 14.2 Å². The Labute approximate surface area is 205 Å². The van der Waals surface area contributed by atoms with Gasteiger partial charge in [-0.3, -0.25) is 0 Å². The van der Waals surface area contributed by atoms with Crippen LogP contribution in [0.15, 0.2) is 39.1 Å². The summed E-state index contributed by atoms with van der Waals surface area (Å²) in [7, 11) is 3.11. The van der Waals surface area contributed by atoms with Gasteiger partial charge in [0.25, 0.3) is 0 Å². The number of ether oxygens (including phenoxy) is 3. The minimum absolute atomic E-state index is 0.294. The molecule has 0 spiro atoms. The van der Waals surface area contributed by atoms with E-state index in [-0.39, 0.29) is 0 Å². The van der Waals surface area contributed by atoms with Crippen LogP contribution in [0.2, 0.25) is 0 Å². The molecule has 3 aliphatic rings. The SMILES string of the molecule is COc1ccc(-c2cc3c(c(=O)o2)C=C2[C@](C)(CC[C@]4(O)C(C)(C)CC[C@@H](O)[C@@]24C)O3)cc1OC. The summed E-state index contributed by atoms with van der Waals surface area (Å²) in [6.07, 6.45) is 3.37. The van der Waals surface area contributed by atoms with E-state index in [1.54, 1.807) is 44.6 Å². The topological polar surface area (TPSA) is 98.4 Å². The van der Waals surface area contributed by atoms with Crippen molar-refractivity contribution < 1.29 is 28.8 Å². The van der Waals surface area contributed by atoms with E-state index in [1.807, 2.05) is 13.8 Å². The summed E-state index contributed by atoms with van der Waals surface area (Å²) < 4.78 is 22.9. The normalized spacial score (nSPS) is 32.9. The quantitative estimate of drug-likeness (QED) is 0.661. The number of rotatable bonds is 3. The minimum atomic E-state index is -1.14. The predicted octanol–water partition coefficient (Wildman–Crippen LogP) is 4.57. The molecule has 1 aromatic heterocycles. The van der Waals surface area contributed by atoms with Gasteiger partial charge in [-0.05, 0) is 67.9 Å². The number of fused-ring (bicyclic) bond motifs is 4. The summed E-state index contributed by atoms with van der Waals surface area (Å²) in [6.45, 7) is 8.00. The van der Waals surface area contributed by atoms with Gasteiger partial charge < -0.3 is 28.8 Å². The largest absolute Gasteiger partial charge is 0.493 e. The van der Waals surface area contributed by atoms with Crippen molar-refractivity contribution in [3.63, 3.8) is 0 Å². The van der Waals surface area contributed by atoms with Crippen LogP contribution in [0.5, 0.6) is 17.2 Å². The van der Waals surface area contributed by atoms with Crippen LogP contribution in [0.1, 0.15) is 58.9 Å². The Morgan fingerprint density at radius 2 is 1.71 bits per heavy atom. The van der Waals surface area contributed by atoms with Gasteiger partial charge in [0, 0.05) is 17.0 Å². The number of benzene rings is 1. The summed E-state index contributed by atoms with van der Waals surface area (Å²) in [5.41, 5.74) is -2.11. The Balaban J connectivity index is 1.66. The van der Waals surface area contributed by atoms with Crippen LogP contribution < -0.4 is 19.8 Å². The molecule has 2 fully saturated rings. The van der Waals surface area contributed by atoms with Crippen molar-refractivity contribution in [3.05, 3.63) is 45.8 Å². The molecule has 0 amide bonds. The molecule has 7 heteroatoms. The van der Waals surface area contributed by atoms with Crippen LogP contribution in [0, 0.1) is 10.8 Å². The molecule has 2 aliphatic carbocycles. The molecule has 188 valence electrons. The molecule has 2 N–H and O–H groups in total. The molecule has 1 aromatic carbocycles. The summed E-state index contributed by atoms with van der Waals surface area (Å²) in [4.78, 5) is 13.2. The summed E-state index contributed by atoms with van der Waals surface area (Å²) in [6, 6.07) is 7.02. The second-order valence-corrected chi connectivity index (χ2v) is 11.1. The molecule has 35 heavy (non-hydrogen) atoms. The van der Waals surface area contributed by atoms with Crippen LogP contribution in [-0.4, -0.2) is 41.7 Å². The first kappa shape index (κ1) is 23.9. The van der Waals surface area contributed by atoms with E-state index in [1.165, 1.54) is 0 Å². The molecule has 2 aromatic rings. The molecule has 5 rings (SSSR count). The number of aliphatic hydroxyl groups is 2. The van der Waals surface area contributed by atoms with Crippen molar-refractivity contribution >= 4 is 6.08 Å². The van der Waals surface area contributed by atoms with Gasteiger partial charge in [-0.2, -0.15) is 0 Å². The van der Waals surface area contributed by atoms with Gasteiger partial charge >= 0.3 is 5.63 Å². The van der Waals surface area contributed by atoms with E-state index in [0.29, 0.717) is 53.4 Å². The highest BCUT2D eigenvalue weighted by atomic mass is 16.5. The molecule has 4 atom stereocenters. The molecule has 0 unspecified atom stereocenters. The van der Waals surface area contributed by atoms with Crippen LogP contribution in [0.4, 0.5) is 0 Å². The molecule has 2 heterocycles. The summed E-state index contributed by atoms with van der Waals surface area (Å²) in [5.74, 6) is 1.88. The first-order valence-corrected chi connectivity index (χ1v) is 12.1. The van der Waals surface area contributed by atoms with Gasteiger partial charge in [0.2, 0.25) is 0 Å². The van der Waals surface area contributed by atoms with Crippen molar-refractivity contribution in [1.29, 1.82) is 0 Å². The number of aliphatic hydroxyl groups excluding tert-OH is 1. The third kappa shape index (κ3) is 3.14. The fourth-order valence-electron chi connectivity index (χ4n) is 6.70. The second-order valence-electron chi connectivity index (χ2n) is 11.1. The number of hydrogen-bond acceptors (Lipinski definition) is 7. The maximum atomic E-state index is 13.2. The third-order valence-electron chi connectivity index (χ3n) is 9.02. The molecule has 0 bridgehead atoms. The van der Waals surface area contributed by atoms with E-state index >= 15 is 0 Å². The maximum absolute atomic E-state index is 13.2. The molecule has 1 aliphatic heterocycles. The third-order valence-corrected chi connectivity index (χ3v) is 9.02. The number of methoxy groups -OCH3 is 2. The van der Waals surface area contributed by atoms with E-state index < -0.39 is 33.8 Å². The van der Waals surface area contributed by atoms with E-state index in [4.69, 9.17) is 18.6 Å². The second kappa shape index (κ2) is 7.61. The zero-order valence-electron chi connectivity index (χ0n) is 21.2. The highest BCUT2D eigenvalue weighted by Crippen LogP contribution is 2.65. The monoisotopic (exact) mass is 482 g/mol. The van der Waals surface area contributed by atoms with Crippen LogP contribution >= 0.6 is 0 Å². The van der Waals surface area contributed by atoms with E-state index in [2.05, 4.69) is 13.8 Å². The molecular weight excluding hydrogens is 448 g/mol. The zero-order valence-corrected chi connectivity index (χ0v) is 21.2. The fraction of sp³-hybridized carbons (Fsp3) is 0.536. The van der Waals surface area contributed by atoms with Crippen molar-refractivity contribution in [1.82, 2.24) is 0 Å². The van der Waals surface area contributed by atoms with Crippen molar-refractivity contribution in [2.24, 2.45) is 10.8 Å². The first-order valence-electron chi connectivity index (χ1n) is 12.1. The average Bonchev–Trinajstić information content (AvgIpc) is 2.82. The summed E-state index contributed by atoms with van der Waals surface area (Å²) in [5, 5.41) is 23.3. The lowest BCUT2D eigenvalue weighted by Crippen LogP contribution is -2.70. The number of hydrogen-bond donors (Lipinski definition) is 2. The maximum Gasteiger partial charge on any atom is 0.347 e. The lowest BCUT2D eigenvalue weighted by molar-refractivity contribution is -0.237. The lowest BCUT2D eigenvalue weighted by Gasteiger charge is -2.65. The van der Waals surface area contributed by atoms with Crippen LogP contribution in [0.3, 0.4) is 0 Å². The molecule has 7 nitrogen and oxygen atoms in total. The van der Waals surface area contributed by atoms with E-state index in [9.17, 15) is 15.0 Å². The lowest BCUT2D eigenvalue weighted by atomic mass is 9.43. The smallest absolute Gasteiger partial charge is 0.347 e. The van der Waals surface area contributed by atoms with Gasteiger partial charge in [0.15, 0.2) is 11.5 Å². The van der Waals surface area contributed by atoms with Crippen LogP contribution in [-0.2, 0) is 0 Å². The predicted molar refractivity (Wildman–Crippen MR) is 132 cm³/mol. The highest BCUT2D eigenvalue weighted by molar-refractivity contribution is 5.70. The molecule has 0 radical (unpaired) electrons. The van der Waals surface area contributed by atoms with Crippen molar-refractivity contribution in [2.45, 2.75) is 70.7 Å². The Hall–Kier alpha value is -2.77. The van der Waals surface area contributed by atoms with Crippen molar-refractivity contribution in [3.8, 4) is 28.6 Å². The highest BCUT2D eigenvalue weighted by Gasteiger charge is 2.69. The van der Waals surface area contributed by atoms with Gasteiger partial charge in [-0.15, -0.1) is 0 Å².